The molecule has 0 N–H and O–H groups in total. The van der Waals surface area contributed by atoms with Gasteiger partial charge in [-0.3, -0.25) is 14.2 Å². The van der Waals surface area contributed by atoms with Crippen molar-refractivity contribution in [3.63, 3.8) is 0 Å². The third-order valence-electron chi connectivity index (χ3n) is 6.65. The van der Waals surface area contributed by atoms with Crippen LogP contribution < -0.4 is 5.56 Å². The number of aryl methyl sites for hydroxylation is 3. The highest BCUT2D eigenvalue weighted by molar-refractivity contribution is 5.79. The molecule has 0 aliphatic heterocycles. The van der Waals surface area contributed by atoms with Gasteiger partial charge < -0.3 is 4.90 Å². The minimum absolute atomic E-state index is 0.0669. The average molecular weight is 468 g/mol. The summed E-state index contributed by atoms with van der Waals surface area (Å²) in [5, 5.41) is 0.569. The molecule has 4 aromatic rings. The lowest BCUT2D eigenvalue weighted by molar-refractivity contribution is -0.133. The molecule has 1 heterocycles. The van der Waals surface area contributed by atoms with Crippen molar-refractivity contribution in [1.29, 1.82) is 0 Å². The Labute approximate surface area is 207 Å². The van der Waals surface area contributed by atoms with E-state index in [1.807, 2.05) is 91.5 Å². The molecule has 180 valence electrons. The SMILES string of the molecule is CCCN(C(=O)CCc1ccccc1)C(C)c1nc2ccccc2c(=O)n1-c1ccc(C)c(C)c1. The van der Waals surface area contributed by atoms with Crippen LogP contribution in [0.3, 0.4) is 0 Å². The van der Waals surface area contributed by atoms with Crippen LogP contribution in [0.4, 0.5) is 0 Å². The van der Waals surface area contributed by atoms with Crippen LogP contribution in [0, 0.1) is 13.8 Å². The molecule has 0 radical (unpaired) electrons. The monoisotopic (exact) mass is 467 g/mol. The van der Waals surface area contributed by atoms with Crippen LogP contribution in [-0.2, 0) is 11.2 Å². The molecular formula is C30H33N3O2. The molecule has 5 nitrogen and oxygen atoms in total. The van der Waals surface area contributed by atoms with E-state index in [0.29, 0.717) is 36.1 Å². The summed E-state index contributed by atoms with van der Waals surface area (Å²) in [6.45, 7) is 8.74. The number of hydrogen-bond acceptors (Lipinski definition) is 3. The van der Waals surface area contributed by atoms with Crippen molar-refractivity contribution in [3.8, 4) is 5.69 Å². The van der Waals surface area contributed by atoms with Gasteiger partial charge in [-0.1, -0.05) is 55.5 Å². The summed E-state index contributed by atoms with van der Waals surface area (Å²) in [6, 6.07) is 23.1. The molecule has 3 aromatic carbocycles. The first-order valence-corrected chi connectivity index (χ1v) is 12.3. The van der Waals surface area contributed by atoms with Crippen molar-refractivity contribution in [2.75, 3.05) is 6.54 Å². The number of para-hydroxylation sites is 1. The fourth-order valence-electron chi connectivity index (χ4n) is 4.50. The fourth-order valence-corrected chi connectivity index (χ4v) is 4.50. The van der Waals surface area contributed by atoms with Crippen LogP contribution in [0.15, 0.2) is 77.6 Å². The van der Waals surface area contributed by atoms with Gasteiger partial charge in [0.1, 0.15) is 5.82 Å². The number of benzene rings is 3. The van der Waals surface area contributed by atoms with E-state index in [4.69, 9.17) is 4.98 Å². The third-order valence-corrected chi connectivity index (χ3v) is 6.65. The first-order chi connectivity index (χ1) is 16.9. The Morgan fingerprint density at radius 2 is 1.69 bits per heavy atom. The van der Waals surface area contributed by atoms with Crippen molar-refractivity contribution in [3.05, 3.63) is 106 Å². The zero-order valence-electron chi connectivity index (χ0n) is 21.0. The standard InChI is InChI=1S/C30H33N3O2/c1-5-19-32(28(34)18-16-24-11-7-6-8-12-24)23(4)29-31-27-14-10-9-13-26(27)30(35)33(29)25-17-15-21(2)22(3)20-25/h6-15,17,20,23H,5,16,18-19H2,1-4H3. The predicted octanol–water partition coefficient (Wildman–Crippen LogP) is 5.93. The van der Waals surface area contributed by atoms with Gasteiger partial charge >= 0.3 is 0 Å². The zero-order chi connectivity index (χ0) is 24.9. The number of carbonyl (C=O) groups is 1. The number of aromatic nitrogens is 2. The van der Waals surface area contributed by atoms with Gasteiger partial charge in [-0.05, 0) is 74.6 Å². The summed E-state index contributed by atoms with van der Waals surface area (Å²) in [7, 11) is 0. The van der Waals surface area contributed by atoms with Crippen LogP contribution in [0.5, 0.6) is 0 Å². The molecule has 1 aromatic heterocycles. The quantitative estimate of drug-likeness (QED) is 0.322. The molecule has 1 unspecified atom stereocenters. The van der Waals surface area contributed by atoms with E-state index < -0.39 is 0 Å². The molecule has 0 fully saturated rings. The number of amides is 1. The van der Waals surface area contributed by atoms with E-state index in [0.717, 1.165) is 28.8 Å². The van der Waals surface area contributed by atoms with Crippen LogP contribution in [0.25, 0.3) is 16.6 Å². The maximum atomic E-state index is 13.7. The summed E-state index contributed by atoms with van der Waals surface area (Å²) in [6.07, 6.45) is 1.92. The normalized spacial score (nSPS) is 12.0. The van der Waals surface area contributed by atoms with Gasteiger partial charge in [-0.2, -0.15) is 0 Å². The molecule has 5 heteroatoms. The molecule has 1 atom stereocenters. The van der Waals surface area contributed by atoms with Gasteiger partial charge in [0, 0.05) is 13.0 Å². The van der Waals surface area contributed by atoms with Gasteiger partial charge in [0.25, 0.3) is 5.56 Å². The van der Waals surface area contributed by atoms with E-state index in [1.54, 1.807) is 4.57 Å². The highest BCUT2D eigenvalue weighted by Crippen LogP contribution is 2.25. The first-order valence-electron chi connectivity index (χ1n) is 12.3. The van der Waals surface area contributed by atoms with E-state index >= 15 is 0 Å². The van der Waals surface area contributed by atoms with E-state index in [2.05, 4.69) is 13.8 Å². The number of fused-ring (bicyclic) bond motifs is 1. The van der Waals surface area contributed by atoms with Gasteiger partial charge in [-0.15, -0.1) is 0 Å². The third kappa shape index (κ3) is 5.19. The molecule has 0 spiro atoms. The van der Waals surface area contributed by atoms with Gasteiger partial charge in [0.05, 0.1) is 22.6 Å². The second-order valence-corrected chi connectivity index (χ2v) is 9.14. The Morgan fingerprint density at radius 1 is 0.971 bits per heavy atom. The molecule has 0 saturated carbocycles. The smallest absolute Gasteiger partial charge is 0.266 e. The molecule has 35 heavy (non-hydrogen) atoms. The van der Waals surface area contributed by atoms with E-state index in [9.17, 15) is 9.59 Å². The maximum absolute atomic E-state index is 13.7. The van der Waals surface area contributed by atoms with Gasteiger partial charge in [0.15, 0.2) is 0 Å². The highest BCUT2D eigenvalue weighted by atomic mass is 16.2. The summed E-state index contributed by atoms with van der Waals surface area (Å²) in [5.41, 5.74) is 4.70. The van der Waals surface area contributed by atoms with Crippen molar-refractivity contribution in [2.24, 2.45) is 0 Å². The number of nitrogens with zero attached hydrogens (tertiary/aromatic N) is 3. The fraction of sp³-hybridized carbons (Fsp3) is 0.300. The van der Waals surface area contributed by atoms with E-state index in [-0.39, 0.29) is 17.5 Å². The van der Waals surface area contributed by atoms with Crippen molar-refractivity contribution in [1.82, 2.24) is 14.5 Å². The Balaban J connectivity index is 1.78. The van der Waals surface area contributed by atoms with Gasteiger partial charge in [0.2, 0.25) is 5.91 Å². The Bertz CT molecular complexity index is 1390. The van der Waals surface area contributed by atoms with Crippen molar-refractivity contribution >= 4 is 16.8 Å². The molecule has 4 rings (SSSR count). The lowest BCUT2D eigenvalue weighted by atomic mass is 10.1. The molecule has 1 amide bonds. The summed E-state index contributed by atoms with van der Waals surface area (Å²) in [5.74, 6) is 0.649. The van der Waals surface area contributed by atoms with Crippen LogP contribution in [0.2, 0.25) is 0 Å². The minimum atomic E-state index is -0.364. The molecule has 0 bridgehead atoms. The van der Waals surface area contributed by atoms with E-state index in [1.165, 1.54) is 0 Å². The van der Waals surface area contributed by atoms with Crippen LogP contribution in [-0.4, -0.2) is 26.9 Å². The minimum Gasteiger partial charge on any atom is -0.333 e. The highest BCUT2D eigenvalue weighted by Gasteiger charge is 2.26. The number of rotatable bonds is 8. The molecule has 0 saturated heterocycles. The Morgan fingerprint density at radius 3 is 2.40 bits per heavy atom. The van der Waals surface area contributed by atoms with Crippen molar-refractivity contribution in [2.45, 2.75) is 53.0 Å². The maximum Gasteiger partial charge on any atom is 0.266 e. The Hall–Kier alpha value is -3.73. The number of hydrogen-bond donors (Lipinski definition) is 0. The topological polar surface area (TPSA) is 55.2 Å². The second kappa shape index (κ2) is 10.7. The van der Waals surface area contributed by atoms with Crippen LogP contribution >= 0.6 is 0 Å². The zero-order valence-corrected chi connectivity index (χ0v) is 21.0. The number of carbonyl (C=O) groups excluding carboxylic acids is 1. The average Bonchev–Trinajstić information content (AvgIpc) is 2.88. The summed E-state index contributed by atoms with van der Waals surface area (Å²) >= 11 is 0. The molecular weight excluding hydrogens is 434 g/mol. The second-order valence-electron chi connectivity index (χ2n) is 9.14. The van der Waals surface area contributed by atoms with Crippen LogP contribution in [0.1, 0.15) is 55.2 Å². The van der Waals surface area contributed by atoms with Gasteiger partial charge in [-0.25, -0.2) is 4.98 Å². The largest absolute Gasteiger partial charge is 0.333 e. The van der Waals surface area contributed by atoms with Crippen molar-refractivity contribution < 1.29 is 4.79 Å². The summed E-state index contributed by atoms with van der Waals surface area (Å²) < 4.78 is 1.69. The predicted molar refractivity (Wildman–Crippen MR) is 142 cm³/mol. The Kier molecular flexibility index (Phi) is 7.45. The lowest BCUT2D eigenvalue weighted by Crippen LogP contribution is -2.38. The first kappa shape index (κ1) is 24.4. The lowest BCUT2D eigenvalue weighted by Gasteiger charge is -2.30. The summed E-state index contributed by atoms with van der Waals surface area (Å²) in [4.78, 5) is 34.0. The molecule has 0 aliphatic carbocycles. The molecule has 0 aliphatic rings.